The van der Waals surface area contributed by atoms with Crippen molar-refractivity contribution < 1.29 is 4.74 Å². The van der Waals surface area contributed by atoms with Gasteiger partial charge in [0, 0.05) is 5.41 Å². The third-order valence-electron chi connectivity index (χ3n) is 6.74. The Labute approximate surface area is 118 Å². The predicted molar refractivity (Wildman–Crippen MR) is 79.7 cm³/mol. The van der Waals surface area contributed by atoms with Gasteiger partial charge in [-0.15, -0.1) is 0 Å². The first-order valence-corrected chi connectivity index (χ1v) is 8.23. The SMILES string of the molecule is C=C(OC1(C)C2CC3CC(C2)CC1C3)C(C)(C)CC. The second kappa shape index (κ2) is 4.27. The molecule has 0 aromatic heterocycles. The molecule has 0 amide bonds. The Hall–Kier alpha value is -0.460. The van der Waals surface area contributed by atoms with Crippen LogP contribution in [0, 0.1) is 29.1 Å². The van der Waals surface area contributed by atoms with Gasteiger partial charge in [-0.05, 0) is 69.1 Å². The molecule has 4 aliphatic carbocycles. The van der Waals surface area contributed by atoms with Gasteiger partial charge in [-0.3, -0.25) is 0 Å². The lowest BCUT2D eigenvalue weighted by molar-refractivity contribution is -0.181. The summed E-state index contributed by atoms with van der Waals surface area (Å²) < 4.78 is 6.58. The maximum absolute atomic E-state index is 6.58. The summed E-state index contributed by atoms with van der Waals surface area (Å²) in [6.45, 7) is 13.4. The summed E-state index contributed by atoms with van der Waals surface area (Å²) >= 11 is 0. The van der Waals surface area contributed by atoms with E-state index in [2.05, 4.69) is 34.3 Å². The van der Waals surface area contributed by atoms with E-state index in [0.29, 0.717) is 0 Å². The van der Waals surface area contributed by atoms with Crippen LogP contribution in [0.4, 0.5) is 0 Å². The first kappa shape index (κ1) is 13.5. The summed E-state index contributed by atoms with van der Waals surface area (Å²) in [5.74, 6) is 4.60. The van der Waals surface area contributed by atoms with Crippen LogP contribution in [0.25, 0.3) is 0 Å². The van der Waals surface area contributed by atoms with E-state index in [0.717, 1.165) is 35.9 Å². The maximum Gasteiger partial charge on any atom is 0.111 e. The average molecular weight is 262 g/mol. The maximum atomic E-state index is 6.58. The highest BCUT2D eigenvalue weighted by atomic mass is 16.5. The summed E-state index contributed by atoms with van der Waals surface area (Å²) in [4.78, 5) is 0. The molecule has 0 radical (unpaired) electrons. The molecule has 1 nitrogen and oxygen atoms in total. The van der Waals surface area contributed by atoms with Crippen molar-refractivity contribution in [3.8, 4) is 0 Å². The van der Waals surface area contributed by atoms with Crippen LogP contribution in [0.5, 0.6) is 0 Å². The van der Waals surface area contributed by atoms with E-state index >= 15 is 0 Å². The first-order chi connectivity index (χ1) is 8.85. The number of ether oxygens (including phenoxy) is 1. The quantitative estimate of drug-likeness (QED) is 0.635. The van der Waals surface area contributed by atoms with Crippen LogP contribution in [0.1, 0.15) is 66.2 Å². The molecule has 0 aromatic carbocycles. The van der Waals surface area contributed by atoms with Crippen molar-refractivity contribution in [2.75, 3.05) is 0 Å². The fourth-order valence-corrected chi connectivity index (χ4v) is 4.89. The summed E-state index contributed by atoms with van der Waals surface area (Å²) in [5, 5.41) is 0. The number of rotatable bonds is 4. The van der Waals surface area contributed by atoms with Crippen molar-refractivity contribution in [2.45, 2.75) is 71.8 Å². The van der Waals surface area contributed by atoms with Gasteiger partial charge in [0.2, 0.25) is 0 Å². The van der Waals surface area contributed by atoms with Crippen molar-refractivity contribution >= 4 is 0 Å². The second-order valence-electron chi connectivity index (χ2n) is 8.25. The van der Waals surface area contributed by atoms with Crippen LogP contribution in [0.15, 0.2) is 12.3 Å². The van der Waals surface area contributed by atoms with Gasteiger partial charge >= 0.3 is 0 Å². The zero-order chi connectivity index (χ0) is 13.8. The molecule has 4 aliphatic rings. The lowest BCUT2D eigenvalue weighted by atomic mass is 9.50. The van der Waals surface area contributed by atoms with Crippen LogP contribution >= 0.6 is 0 Å². The molecular weight excluding hydrogens is 232 g/mol. The summed E-state index contributed by atoms with van der Waals surface area (Å²) in [5.41, 5.74) is 0.189. The zero-order valence-electron chi connectivity index (χ0n) is 13.2. The minimum absolute atomic E-state index is 0.0803. The third-order valence-corrected chi connectivity index (χ3v) is 6.74. The molecular formula is C18H30O. The normalized spacial score (nSPS) is 44.4. The lowest BCUT2D eigenvalue weighted by Crippen LogP contribution is -2.57. The standard InChI is InChI=1S/C18H30O/c1-6-17(3,4)12(2)19-18(5)15-8-13-7-14(10-15)11-16(18)9-13/h13-16H,2,6-11H2,1,3-5H3. The predicted octanol–water partition coefficient (Wildman–Crippen LogP) is 5.17. The molecule has 0 heterocycles. The van der Waals surface area contributed by atoms with Gasteiger partial charge in [0.05, 0.1) is 5.76 Å². The van der Waals surface area contributed by atoms with Crippen molar-refractivity contribution in [1.82, 2.24) is 0 Å². The highest BCUT2D eigenvalue weighted by Gasteiger charge is 2.56. The van der Waals surface area contributed by atoms with E-state index < -0.39 is 0 Å². The molecule has 1 heteroatoms. The first-order valence-electron chi connectivity index (χ1n) is 8.23. The van der Waals surface area contributed by atoms with Gasteiger partial charge in [-0.2, -0.15) is 0 Å². The van der Waals surface area contributed by atoms with Crippen LogP contribution in [0.3, 0.4) is 0 Å². The Balaban J connectivity index is 1.78. The largest absolute Gasteiger partial charge is 0.491 e. The van der Waals surface area contributed by atoms with Gasteiger partial charge < -0.3 is 4.74 Å². The minimum atomic E-state index is 0.0803. The van der Waals surface area contributed by atoms with E-state index in [4.69, 9.17) is 4.74 Å². The van der Waals surface area contributed by atoms with Crippen LogP contribution in [-0.4, -0.2) is 5.60 Å². The molecule has 0 unspecified atom stereocenters. The number of hydrogen-bond donors (Lipinski definition) is 0. The van der Waals surface area contributed by atoms with Crippen molar-refractivity contribution in [3.05, 3.63) is 12.3 Å². The molecule has 0 aliphatic heterocycles. The number of hydrogen-bond acceptors (Lipinski definition) is 1. The Morgan fingerprint density at radius 1 is 1.11 bits per heavy atom. The molecule has 4 bridgehead atoms. The van der Waals surface area contributed by atoms with Crippen molar-refractivity contribution in [3.63, 3.8) is 0 Å². The van der Waals surface area contributed by atoms with Gasteiger partial charge in [0.25, 0.3) is 0 Å². The smallest absolute Gasteiger partial charge is 0.111 e. The van der Waals surface area contributed by atoms with Crippen molar-refractivity contribution in [1.29, 1.82) is 0 Å². The summed E-state index contributed by atoms with van der Waals surface area (Å²) in [6, 6.07) is 0. The zero-order valence-corrected chi connectivity index (χ0v) is 13.2. The van der Waals surface area contributed by atoms with Gasteiger partial charge in [0.15, 0.2) is 0 Å². The van der Waals surface area contributed by atoms with Crippen molar-refractivity contribution in [2.24, 2.45) is 29.1 Å². The highest BCUT2D eigenvalue weighted by molar-refractivity contribution is 5.10. The molecule has 0 saturated heterocycles. The Morgan fingerprint density at radius 2 is 1.58 bits per heavy atom. The van der Waals surface area contributed by atoms with E-state index in [1.54, 1.807) is 0 Å². The number of allylic oxidation sites excluding steroid dienone is 1. The van der Waals surface area contributed by atoms with Crippen LogP contribution in [0.2, 0.25) is 0 Å². The Morgan fingerprint density at radius 3 is 2.00 bits per heavy atom. The molecule has 0 N–H and O–H groups in total. The minimum Gasteiger partial charge on any atom is -0.491 e. The molecule has 108 valence electrons. The van der Waals surface area contributed by atoms with E-state index in [-0.39, 0.29) is 11.0 Å². The second-order valence-corrected chi connectivity index (χ2v) is 8.25. The Bertz CT molecular complexity index is 351. The highest BCUT2D eigenvalue weighted by Crippen LogP contribution is 2.60. The third kappa shape index (κ3) is 2.04. The fourth-order valence-electron chi connectivity index (χ4n) is 4.89. The Kier molecular flexibility index (Phi) is 3.04. The lowest BCUT2D eigenvalue weighted by Gasteiger charge is -2.60. The van der Waals surface area contributed by atoms with Gasteiger partial charge in [-0.1, -0.05) is 27.4 Å². The van der Waals surface area contributed by atoms with Crippen LogP contribution < -0.4 is 0 Å². The fraction of sp³-hybridized carbons (Fsp3) is 0.889. The van der Waals surface area contributed by atoms with E-state index in [9.17, 15) is 0 Å². The average Bonchev–Trinajstić information content (AvgIpc) is 2.35. The molecule has 0 atom stereocenters. The molecule has 0 aromatic rings. The summed E-state index contributed by atoms with van der Waals surface area (Å²) in [6.07, 6.45) is 8.23. The molecule has 4 rings (SSSR count). The molecule has 19 heavy (non-hydrogen) atoms. The van der Waals surface area contributed by atoms with E-state index in [1.165, 1.54) is 32.1 Å². The molecule has 4 fully saturated rings. The van der Waals surface area contributed by atoms with Gasteiger partial charge in [-0.25, -0.2) is 0 Å². The van der Waals surface area contributed by atoms with Crippen LogP contribution in [-0.2, 0) is 4.74 Å². The topological polar surface area (TPSA) is 9.23 Å². The molecule has 0 spiro atoms. The van der Waals surface area contributed by atoms with Gasteiger partial charge in [0.1, 0.15) is 5.60 Å². The summed E-state index contributed by atoms with van der Waals surface area (Å²) in [7, 11) is 0. The molecule has 4 saturated carbocycles. The monoisotopic (exact) mass is 262 g/mol. The van der Waals surface area contributed by atoms with E-state index in [1.807, 2.05) is 0 Å².